The van der Waals surface area contributed by atoms with Gasteiger partial charge in [0.25, 0.3) is 0 Å². The van der Waals surface area contributed by atoms with Gasteiger partial charge in [0.05, 0.1) is 27.3 Å². The van der Waals surface area contributed by atoms with E-state index in [0.29, 0.717) is 5.82 Å². The molecule has 3 nitrogen and oxygen atoms in total. The lowest BCUT2D eigenvalue weighted by atomic mass is 9.82. The molecule has 256 valence electrons. The van der Waals surface area contributed by atoms with Crippen LogP contribution in [0.5, 0.6) is 0 Å². The van der Waals surface area contributed by atoms with Crippen LogP contribution in [0.3, 0.4) is 0 Å². The summed E-state index contributed by atoms with van der Waals surface area (Å²) in [5, 5.41) is 2.54. The monoisotopic (exact) mass is 727 g/mol. The molecule has 2 aromatic heterocycles. The van der Waals surface area contributed by atoms with Gasteiger partial charge >= 0.3 is 0 Å². The Morgan fingerprint density at radius 1 is 0.481 bits per heavy atom. The van der Waals surface area contributed by atoms with Gasteiger partial charge in [-0.2, -0.15) is 0 Å². The minimum Gasteiger partial charge on any atom is -0.308 e. The highest BCUT2D eigenvalue weighted by Crippen LogP contribution is 2.55. The minimum absolute atomic E-state index is 0.116. The quantitative estimate of drug-likeness (QED) is 0.181. The van der Waals surface area contributed by atoms with Gasteiger partial charge in [0.1, 0.15) is 0 Å². The third-order valence-corrected chi connectivity index (χ3v) is 13.6. The molecule has 0 spiro atoms. The second kappa shape index (κ2) is 12.1. The highest BCUT2D eigenvalue weighted by Gasteiger charge is 2.36. The van der Waals surface area contributed by atoms with E-state index in [1.807, 2.05) is 47.8 Å². The van der Waals surface area contributed by atoms with E-state index < -0.39 is 0 Å². The summed E-state index contributed by atoms with van der Waals surface area (Å²) in [7, 11) is 0. The van der Waals surface area contributed by atoms with E-state index in [-0.39, 0.29) is 5.41 Å². The van der Waals surface area contributed by atoms with Crippen molar-refractivity contribution in [2.45, 2.75) is 38.8 Å². The standard InChI is InChI=1S/C49H33N3S2/c1-49(2)38-21-10-9-20-34(38)36-27-37-35-24-25-45-47(54-44-23-12-11-22-43(44)53-45)46(35)52(42(37)28-39(36)49)33-19-13-18-32(26-33)41-29-40(30-14-5-3-6-15-30)50-48(51-41)31-16-7-4-8-17-31/h3-29H,1-2H3. The molecule has 1 aliphatic heterocycles. The molecular formula is C49H33N3S2. The van der Waals surface area contributed by atoms with Gasteiger partial charge in [0.15, 0.2) is 5.82 Å². The smallest absolute Gasteiger partial charge is 0.160 e. The average Bonchev–Trinajstić information content (AvgIpc) is 3.68. The van der Waals surface area contributed by atoms with Crippen molar-refractivity contribution in [1.29, 1.82) is 0 Å². The zero-order valence-electron chi connectivity index (χ0n) is 29.7. The normalized spacial score (nSPS) is 13.7. The maximum absolute atomic E-state index is 5.20. The van der Waals surface area contributed by atoms with Gasteiger partial charge in [-0.25, -0.2) is 9.97 Å². The number of fused-ring (bicyclic) bond motifs is 9. The topological polar surface area (TPSA) is 30.7 Å². The first kappa shape index (κ1) is 31.6. The summed E-state index contributed by atoms with van der Waals surface area (Å²) in [6.45, 7) is 4.73. The number of benzene rings is 7. The predicted octanol–water partition coefficient (Wildman–Crippen LogP) is 13.5. The van der Waals surface area contributed by atoms with Crippen LogP contribution in [0.25, 0.3) is 72.5 Å². The molecule has 0 N–H and O–H groups in total. The summed E-state index contributed by atoms with van der Waals surface area (Å²) < 4.78 is 2.52. The highest BCUT2D eigenvalue weighted by atomic mass is 32.2. The molecular weight excluding hydrogens is 695 g/mol. The van der Waals surface area contributed by atoms with Crippen LogP contribution in [0, 0.1) is 0 Å². The summed E-state index contributed by atoms with van der Waals surface area (Å²) in [6, 6.07) is 59.0. The van der Waals surface area contributed by atoms with Crippen molar-refractivity contribution >= 4 is 45.3 Å². The number of rotatable bonds is 4. The first-order chi connectivity index (χ1) is 26.5. The fourth-order valence-electron chi connectivity index (χ4n) is 8.42. The van der Waals surface area contributed by atoms with Crippen molar-refractivity contribution in [2.24, 2.45) is 0 Å². The van der Waals surface area contributed by atoms with Crippen molar-refractivity contribution in [1.82, 2.24) is 14.5 Å². The zero-order valence-corrected chi connectivity index (χ0v) is 31.4. The molecule has 11 rings (SSSR count). The molecule has 0 amide bonds. The third-order valence-electron chi connectivity index (χ3n) is 11.1. The molecule has 0 bridgehead atoms. The molecule has 1 aliphatic carbocycles. The van der Waals surface area contributed by atoms with Gasteiger partial charge in [-0.05, 0) is 70.8 Å². The van der Waals surface area contributed by atoms with Gasteiger partial charge in [-0.3, -0.25) is 0 Å². The molecule has 0 atom stereocenters. The van der Waals surface area contributed by atoms with Crippen LogP contribution in [0.15, 0.2) is 183 Å². The van der Waals surface area contributed by atoms with Crippen molar-refractivity contribution in [2.75, 3.05) is 0 Å². The zero-order chi connectivity index (χ0) is 36.0. The maximum atomic E-state index is 5.20. The Hall–Kier alpha value is -5.88. The molecule has 0 radical (unpaired) electrons. The predicted molar refractivity (Wildman–Crippen MR) is 225 cm³/mol. The fourth-order valence-corrected chi connectivity index (χ4v) is 10.8. The second-order valence-electron chi connectivity index (χ2n) is 14.6. The Labute approximate surface area is 322 Å². The molecule has 7 aromatic carbocycles. The first-order valence-electron chi connectivity index (χ1n) is 18.3. The molecule has 9 aromatic rings. The molecule has 0 unspecified atom stereocenters. The lowest BCUT2D eigenvalue weighted by molar-refractivity contribution is 0.661. The highest BCUT2D eigenvalue weighted by molar-refractivity contribution is 8.05. The second-order valence-corrected chi connectivity index (χ2v) is 16.7. The van der Waals surface area contributed by atoms with E-state index >= 15 is 0 Å². The summed E-state index contributed by atoms with van der Waals surface area (Å²) >= 11 is 3.76. The van der Waals surface area contributed by atoms with Crippen LogP contribution >= 0.6 is 23.5 Å². The lowest BCUT2D eigenvalue weighted by Crippen LogP contribution is -2.15. The lowest BCUT2D eigenvalue weighted by Gasteiger charge is -2.22. The Kier molecular flexibility index (Phi) is 7.07. The van der Waals surface area contributed by atoms with Crippen molar-refractivity contribution in [3.63, 3.8) is 0 Å². The summed E-state index contributed by atoms with van der Waals surface area (Å²) in [5.74, 6) is 0.716. The minimum atomic E-state index is -0.116. The van der Waals surface area contributed by atoms with E-state index in [4.69, 9.17) is 9.97 Å². The van der Waals surface area contributed by atoms with E-state index in [1.165, 1.54) is 63.6 Å². The molecule has 3 heterocycles. The molecule has 2 aliphatic rings. The number of nitrogens with zero attached hydrogens (tertiary/aromatic N) is 3. The van der Waals surface area contributed by atoms with E-state index in [0.717, 1.165) is 33.8 Å². The van der Waals surface area contributed by atoms with Crippen LogP contribution < -0.4 is 0 Å². The van der Waals surface area contributed by atoms with E-state index in [2.05, 4.69) is 158 Å². The van der Waals surface area contributed by atoms with Gasteiger partial charge < -0.3 is 4.57 Å². The molecule has 54 heavy (non-hydrogen) atoms. The average molecular weight is 728 g/mol. The number of hydrogen-bond acceptors (Lipinski definition) is 4. The summed E-state index contributed by atoms with van der Waals surface area (Å²) in [6.07, 6.45) is 0. The van der Waals surface area contributed by atoms with Gasteiger partial charge in [0, 0.05) is 53.3 Å². The molecule has 0 saturated carbocycles. The van der Waals surface area contributed by atoms with E-state index in [1.54, 1.807) is 0 Å². The molecule has 0 saturated heterocycles. The van der Waals surface area contributed by atoms with Crippen LogP contribution in [-0.4, -0.2) is 14.5 Å². The van der Waals surface area contributed by atoms with Crippen LogP contribution in [0.2, 0.25) is 0 Å². The molecule has 0 fully saturated rings. The first-order valence-corrected chi connectivity index (χ1v) is 20.0. The van der Waals surface area contributed by atoms with Crippen LogP contribution in [0.1, 0.15) is 25.0 Å². The summed E-state index contributed by atoms with van der Waals surface area (Å²) in [5.41, 5.74) is 13.8. The van der Waals surface area contributed by atoms with Crippen molar-refractivity contribution in [3.05, 3.63) is 175 Å². The Balaban J connectivity index is 1.17. The van der Waals surface area contributed by atoms with Crippen molar-refractivity contribution in [3.8, 4) is 50.7 Å². The molecule has 5 heteroatoms. The largest absolute Gasteiger partial charge is 0.308 e. The van der Waals surface area contributed by atoms with Crippen molar-refractivity contribution < 1.29 is 0 Å². The number of aromatic nitrogens is 3. The Morgan fingerprint density at radius 2 is 1.15 bits per heavy atom. The van der Waals surface area contributed by atoms with Gasteiger partial charge in [-0.1, -0.05) is 153 Å². The van der Waals surface area contributed by atoms with Crippen LogP contribution in [0.4, 0.5) is 0 Å². The summed E-state index contributed by atoms with van der Waals surface area (Å²) in [4.78, 5) is 15.5. The van der Waals surface area contributed by atoms with Crippen LogP contribution in [-0.2, 0) is 5.41 Å². The Morgan fingerprint density at radius 3 is 1.94 bits per heavy atom. The van der Waals surface area contributed by atoms with Gasteiger partial charge in [0.2, 0.25) is 0 Å². The SMILES string of the molecule is CC1(C)c2ccccc2-c2cc3c4ccc5c(c4n(-c4cccc(-c6cc(-c7ccccc7)nc(-c7ccccc7)n6)c4)c3cc21)Sc1ccccc1S5. The Bertz CT molecular complexity index is 2910. The number of hydrogen-bond donors (Lipinski definition) is 0. The maximum Gasteiger partial charge on any atom is 0.160 e. The van der Waals surface area contributed by atoms with E-state index in [9.17, 15) is 0 Å². The fraction of sp³-hybridized carbons (Fsp3) is 0.0612. The third kappa shape index (κ3) is 4.85. The van der Waals surface area contributed by atoms with Gasteiger partial charge in [-0.15, -0.1) is 0 Å².